The van der Waals surface area contributed by atoms with Gasteiger partial charge in [0, 0.05) is 19.1 Å². The van der Waals surface area contributed by atoms with Gasteiger partial charge in [0.2, 0.25) is 0 Å². The zero-order chi connectivity index (χ0) is 14.7. The number of rotatable bonds is 4. The molecule has 2 aliphatic rings. The second kappa shape index (κ2) is 6.45. The largest absolute Gasteiger partial charge is 0.496 e. The Morgan fingerprint density at radius 3 is 3.19 bits per heavy atom. The third-order valence-corrected chi connectivity index (χ3v) is 4.30. The van der Waals surface area contributed by atoms with Gasteiger partial charge in [-0.3, -0.25) is 9.69 Å². The van der Waals surface area contributed by atoms with Crippen molar-refractivity contribution in [1.29, 1.82) is 0 Å². The first kappa shape index (κ1) is 14.4. The molecule has 2 atom stereocenters. The Morgan fingerprint density at radius 1 is 1.48 bits per heavy atom. The average Bonchev–Trinajstić information content (AvgIpc) is 3.00. The maximum atomic E-state index is 12.2. The van der Waals surface area contributed by atoms with Crippen LogP contribution in [0.4, 0.5) is 0 Å². The maximum Gasteiger partial charge on any atom is 0.255 e. The Bertz CT molecular complexity index is 506. The minimum atomic E-state index is -0.111. The van der Waals surface area contributed by atoms with Crippen molar-refractivity contribution < 1.29 is 14.3 Å². The normalized spacial score (nSPS) is 25.4. The van der Waals surface area contributed by atoms with E-state index in [2.05, 4.69) is 10.2 Å². The van der Waals surface area contributed by atoms with Crippen LogP contribution in [0.25, 0.3) is 0 Å². The van der Waals surface area contributed by atoms with E-state index < -0.39 is 0 Å². The molecule has 0 unspecified atom stereocenters. The summed E-state index contributed by atoms with van der Waals surface area (Å²) in [7, 11) is 1.57. The Hall–Kier alpha value is -1.59. The number of nitrogens with zero attached hydrogens (tertiary/aromatic N) is 1. The Morgan fingerprint density at radius 2 is 2.33 bits per heavy atom. The molecule has 2 heterocycles. The van der Waals surface area contributed by atoms with Crippen molar-refractivity contribution in [2.45, 2.75) is 25.0 Å². The third-order valence-electron chi connectivity index (χ3n) is 4.30. The average molecular weight is 290 g/mol. The number of carbonyl (C=O) groups is 1. The van der Waals surface area contributed by atoms with Crippen molar-refractivity contribution in [2.75, 3.05) is 33.4 Å². The molecule has 5 nitrogen and oxygen atoms in total. The highest BCUT2D eigenvalue weighted by Crippen LogP contribution is 2.22. The lowest BCUT2D eigenvalue weighted by Crippen LogP contribution is -2.50. The molecular weight excluding hydrogens is 268 g/mol. The Balaban J connectivity index is 1.54. The summed E-state index contributed by atoms with van der Waals surface area (Å²) in [5, 5.41) is 2.95. The van der Waals surface area contributed by atoms with Crippen LogP contribution >= 0.6 is 0 Å². The zero-order valence-electron chi connectivity index (χ0n) is 12.4. The molecule has 2 aliphatic heterocycles. The number of para-hydroxylation sites is 1. The first-order valence-electron chi connectivity index (χ1n) is 7.55. The molecule has 0 aliphatic carbocycles. The topological polar surface area (TPSA) is 50.8 Å². The lowest BCUT2D eigenvalue weighted by molar-refractivity contribution is -0.0461. The number of carbonyl (C=O) groups excluding carboxylic acids is 1. The molecule has 5 heteroatoms. The first-order valence-corrected chi connectivity index (χ1v) is 7.55. The first-order chi connectivity index (χ1) is 10.3. The number of methoxy groups -OCH3 is 1. The van der Waals surface area contributed by atoms with E-state index in [-0.39, 0.29) is 12.0 Å². The predicted molar refractivity (Wildman–Crippen MR) is 79.7 cm³/mol. The van der Waals surface area contributed by atoms with Crippen LogP contribution in [0, 0.1) is 0 Å². The minimum absolute atomic E-state index is 0.0815. The molecule has 1 N–H and O–H groups in total. The van der Waals surface area contributed by atoms with Crippen LogP contribution in [0.15, 0.2) is 24.3 Å². The van der Waals surface area contributed by atoms with Crippen molar-refractivity contribution in [2.24, 2.45) is 0 Å². The van der Waals surface area contributed by atoms with Crippen molar-refractivity contribution in [3.8, 4) is 5.75 Å². The van der Waals surface area contributed by atoms with E-state index in [1.165, 1.54) is 12.8 Å². The fraction of sp³-hybridized carbons (Fsp3) is 0.562. The second-order valence-corrected chi connectivity index (χ2v) is 5.66. The van der Waals surface area contributed by atoms with Crippen molar-refractivity contribution >= 4 is 5.91 Å². The number of morpholine rings is 1. The van der Waals surface area contributed by atoms with Crippen LogP contribution in [0.3, 0.4) is 0 Å². The van der Waals surface area contributed by atoms with Crippen molar-refractivity contribution in [1.82, 2.24) is 10.2 Å². The SMILES string of the molecule is COc1ccccc1C(=O)NC[C@@H]1CN2CCC[C@H]2CO1. The Labute approximate surface area is 125 Å². The molecule has 0 aromatic heterocycles. The fourth-order valence-electron chi connectivity index (χ4n) is 3.14. The molecule has 114 valence electrons. The fourth-order valence-corrected chi connectivity index (χ4v) is 3.14. The second-order valence-electron chi connectivity index (χ2n) is 5.66. The van der Waals surface area contributed by atoms with E-state index in [0.29, 0.717) is 23.9 Å². The van der Waals surface area contributed by atoms with Gasteiger partial charge in [0.15, 0.2) is 0 Å². The summed E-state index contributed by atoms with van der Waals surface area (Å²) in [6, 6.07) is 7.84. The van der Waals surface area contributed by atoms with Gasteiger partial charge in [-0.25, -0.2) is 0 Å². The molecule has 2 saturated heterocycles. The lowest BCUT2D eigenvalue weighted by Gasteiger charge is -2.35. The van der Waals surface area contributed by atoms with Gasteiger partial charge in [-0.2, -0.15) is 0 Å². The summed E-state index contributed by atoms with van der Waals surface area (Å²) in [5.74, 6) is 0.485. The van der Waals surface area contributed by atoms with Gasteiger partial charge in [0.05, 0.1) is 25.4 Å². The quantitative estimate of drug-likeness (QED) is 0.908. The zero-order valence-corrected chi connectivity index (χ0v) is 12.4. The van der Waals surface area contributed by atoms with Crippen molar-refractivity contribution in [3.63, 3.8) is 0 Å². The maximum absolute atomic E-state index is 12.2. The van der Waals surface area contributed by atoms with Crippen LogP contribution in [-0.2, 0) is 4.74 Å². The monoisotopic (exact) mass is 290 g/mol. The van der Waals surface area contributed by atoms with Gasteiger partial charge >= 0.3 is 0 Å². The van der Waals surface area contributed by atoms with E-state index in [1.807, 2.05) is 12.1 Å². The Kier molecular flexibility index (Phi) is 4.41. The number of hydrogen-bond acceptors (Lipinski definition) is 4. The van der Waals surface area contributed by atoms with E-state index >= 15 is 0 Å². The number of fused-ring (bicyclic) bond motifs is 1. The van der Waals surface area contributed by atoms with Crippen LogP contribution < -0.4 is 10.1 Å². The van der Waals surface area contributed by atoms with E-state index in [0.717, 1.165) is 19.7 Å². The van der Waals surface area contributed by atoms with Gasteiger partial charge in [0.25, 0.3) is 5.91 Å². The molecule has 0 bridgehead atoms. The summed E-state index contributed by atoms with van der Waals surface area (Å²) in [6.45, 7) is 3.40. The van der Waals surface area contributed by atoms with Crippen LogP contribution in [0.1, 0.15) is 23.2 Å². The number of amides is 1. The van der Waals surface area contributed by atoms with Gasteiger partial charge < -0.3 is 14.8 Å². The molecule has 1 aromatic carbocycles. The van der Waals surface area contributed by atoms with Crippen LogP contribution in [0.5, 0.6) is 5.75 Å². The van der Waals surface area contributed by atoms with Gasteiger partial charge in [-0.1, -0.05) is 12.1 Å². The van der Waals surface area contributed by atoms with Crippen molar-refractivity contribution in [3.05, 3.63) is 29.8 Å². The minimum Gasteiger partial charge on any atom is -0.496 e. The van der Waals surface area contributed by atoms with Gasteiger partial charge in [-0.15, -0.1) is 0 Å². The summed E-state index contributed by atoms with van der Waals surface area (Å²) < 4.78 is 11.1. The predicted octanol–water partition coefficient (Wildman–Crippen LogP) is 1.29. The van der Waals surface area contributed by atoms with Crippen LogP contribution in [-0.4, -0.2) is 56.3 Å². The molecule has 3 rings (SSSR count). The lowest BCUT2D eigenvalue weighted by atomic mass is 10.1. The molecule has 0 spiro atoms. The summed E-state index contributed by atoms with van der Waals surface area (Å²) in [4.78, 5) is 14.7. The molecule has 2 fully saturated rings. The highest BCUT2D eigenvalue weighted by molar-refractivity contribution is 5.96. The summed E-state index contributed by atoms with van der Waals surface area (Å²) >= 11 is 0. The van der Waals surface area contributed by atoms with Gasteiger partial charge in [0.1, 0.15) is 5.75 Å². The number of benzene rings is 1. The smallest absolute Gasteiger partial charge is 0.255 e. The highest BCUT2D eigenvalue weighted by Gasteiger charge is 2.32. The molecule has 1 amide bonds. The molecule has 0 saturated carbocycles. The molecule has 0 radical (unpaired) electrons. The summed E-state index contributed by atoms with van der Waals surface area (Å²) in [5.41, 5.74) is 0.565. The number of ether oxygens (including phenoxy) is 2. The van der Waals surface area contributed by atoms with E-state index in [4.69, 9.17) is 9.47 Å². The molecule has 1 aromatic rings. The standard InChI is InChI=1S/C16H22N2O3/c1-20-15-7-3-2-6-14(15)16(19)17-9-13-10-18-8-4-5-12(18)11-21-13/h2-3,6-7,12-13H,4-5,8-11H2,1H3,(H,17,19)/t12-,13+/m0/s1. The molecule has 21 heavy (non-hydrogen) atoms. The van der Waals surface area contributed by atoms with Crippen LogP contribution in [0.2, 0.25) is 0 Å². The number of nitrogens with one attached hydrogen (secondary N) is 1. The van der Waals surface area contributed by atoms with Gasteiger partial charge in [-0.05, 0) is 31.5 Å². The molecular formula is C16H22N2O3. The third kappa shape index (κ3) is 3.19. The summed E-state index contributed by atoms with van der Waals surface area (Å²) in [6.07, 6.45) is 2.58. The number of hydrogen-bond donors (Lipinski definition) is 1. The van der Waals surface area contributed by atoms with E-state index in [1.54, 1.807) is 19.2 Å². The van der Waals surface area contributed by atoms with E-state index in [9.17, 15) is 4.79 Å². The highest BCUT2D eigenvalue weighted by atomic mass is 16.5.